The van der Waals surface area contributed by atoms with E-state index in [2.05, 4.69) is 64.9 Å². The van der Waals surface area contributed by atoms with Crippen molar-refractivity contribution in [3.05, 3.63) is 93.0 Å². The molecule has 0 aromatic heterocycles. The van der Waals surface area contributed by atoms with Gasteiger partial charge in [-0.2, -0.15) is 0 Å². The van der Waals surface area contributed by atoms with Crippen LogP contribution in [0.15, 0.2) is 48.5 Å². The molecular formula is C56H75BrN4O8. The van der Waals surface area contributed by atoms with Crippen LogP contribution in [0.3, 0.4) is 0 Å². The number of ether oxygens (including phenoxy) is 4. The summed E-state index contributed by atoms with van der Waals surface area (Å²) in [6.07, 6.45) is 12.8. The Hall–Kier alpha value is -5.56. The standard InChI is InChI=1S/C56H75BrN4O8/c1-8-12-16-20-66-53-40-24-42-30-49(59-38(6)63)32-44(54(42)67-21-17-13-9-2)26-46-34-51(61-52(65)36-57)35-47(56(46)69-23-19-15-11-4)27-45-33-50(60-39(7)64)31-43(55(45)68-22-18-14-10-3)25-41(53)29-48(28-40)58-37(5)62/h28-35H,8-27,36H2,1-7H3,(H,58,62)(H,59,63)(H,60,64)(H,61,65). The number of anilines is 4. The Balaban J connectivity index is 1.95. The summed E-state index contributed by atoms with van der Waals surface area (Å²) in [5, 5.41) is 12.4. The first-order chi connectivity index (χ1) is 33.3. The molecule has 0 spiro atoms. The number of nitrogens with one attached hydrogen (secondary N) is 4. The van der Waals surface area contributed by atoms with E-state index in [4.69, 9.17) is 18.9 Å². The molecule has 1 aliphatic rings. The van der Waals surface area contributed by atoms with Crippen molar-refractivity contribution in [1.29, 1.82) is 0 Å². The molecule has 4 aromatic carbocycles. The minimum atomic E-state index is -0.213. The number of benzene rings is 4. The first kappa shape index (κ1) is 54.4. The van der Waals surface area contributed by atoms with E-state index in [0.717, 1.165) is 122 Å². The third-order valence-electron chi connectivity index (χ3n) is 11.8. The molecule has 0 fully saturated rings. The van der Waals surface area contributed by atoms with Crippen molar-refractivity contribution >= 4 is 62.3 Å². The van der Waals surface area contributed by atoms with Crippen molar-refractivity contribution in [2.45, 2.75) is 151 Å². The molecule has 0 saturated heterocycles. The van der Waals surface area contributed by atoms with Crippen molar-refractivity contribution < 1.29 is 38.1 Å². The Kier molecular flexibility index (Phi) is 22.2. The zero-order chi connectivity index (χ0) is 49.7. The highest BCUT2D eigenvalue weighted by Gasteiger charge is 2.25. The average Bonchev–Trinajstić information content (AvgIpc) is 3.28. The zero-order valence-corrected chi connectivity index (χ0v) is 43.7. The number of unbranched alkanes of at least 4 members (excludes halogenated alkanes) is 8. The van der Waals surface area contributed by atoms with Crippen LogP contribution in [0, 0.1) is 0 Å². The SMILES string of the molecule is CCCCCOc1c2cc(NC(C)=O)cc1Cc1cc(NC(C)=O)cc(c1OCCCCC)Cc1cc(NC(=O)CBr)cc(c1OCCCCC)Cc1cc(NC(C)=O)cc(c1OCCCCC)C2. The molecule has 374 valence electrons. The van der Waals surface area contributed by atoms with Gasteiger partial charge in [0.05, 0.1) is 31.8 Å². The molecule has 0 atom stereocenters. The summed E-state index contributed by atoms with van der Waals surface area (Å²) in [7, 11) is 0. The molecule has 12 nitrogen and oxygen atoms in total. The molecular weight excluding hydrogens is 937 g/mol. The predicted molar refractivity (Wildman–Crippen MR) is 282 cm³/mol. The zero-order valence-electron chi connectivity index (χ0n) is 42.1. The normalized spacial score (nSPS) is 11.9. The van der Waals surface area contributed by atoms with Gasteiger partial charge in [0.15, 0.2) is 0 Å². The lowest BCUT2D eigenvalue weighted by atomic mass is 9.90. The van der Waals surface area contributed by atoms with Gasteiger partial charge in [0.1, 0.15) is 23.0 Å². The fourth-order valence-electron chi connectivity index (χ4n) is 8.83. The summed E-state index contributed by atoms with van der Waals surface area (Å²) in [6.45, 7) is 15.0. The molecule has 5 rings (SSSR count). The Morgan fingerprint density at radius 2 is 0.609 bits per heavy atom. The number of amides is 4. The Morgan fingerprint density at radius 1 is 0.391 bits per heavy atom. The van der Waals surface area contributed by atoms with E-state index in [-0.39, 0.29) is 29.0 Å². The molecule has 0 heterocycles. The third-order valence-corrected chi connectivity index (χ3v) is 12.3. The van der Waals surface area contributed by atoms with E-state index in [0.29, 0.717) is 97.9 Å². The fraction of sp³-hybridized carbons (Fsp3) is 0.500. The summed E-state index contributed by atoms with van der Waals surface area (Å²) in [4.78, 5) is 51.7. The minimum absolute atomic E-state index is 0.108. The largest absolute Gasteiger partial charge is 0.493 e. The minimum Gasteiger partial charge on any atom is -0.493 e. The van der Waals surface area contributed by atoms with E-state index in [1.165, 1.54) is 20.8 Å². The molecule has 69 heavy (non-hydrogen) atoms. The van der Waals surface area contributed by atoms with Crippen LogP contribution in [0.25, 0.3) is 0 Å². The number of carbonyl (C=O) groups is 4. The van der Waals surface area contributed by atoms with Crippen LogP contribution in [0.1, 0.15) is 170 Å². The number of rotatable bonds is 25. The van der Waals surface area contributed by atoms with E-state index >= 15 is 0 Å². The topological polar surface area (TPSA) is 153 Å². The number of hydrogen-bond acceptors (Lipinski definition) is 8. The lowest BCUT2D eigenvalue weighted by Crippen LogP contribution is -2.15. The molecule has 0 aliphatic heterocycles. The molecule has 0 saturated carbocycles. The van der Waals surface area contributed by atoms with Crippen molar-refractivity contribution in [1.82, 2.24) is 0 Å². The average molecular weight is 1010 g/mol. The third kappa shape index (κ3) is 16.8. The van der Waals surface area contributed by atoms with Gasteiger partial charge in [0, 0.05) is 114 Å². The predicted octanol–water partition coefficient (Wildman–Crippen LogP) is 12.8. The summed E-state index contributed by atoms with van der Waals surface area (Å²) < 4.78 is 27.6. The van der Waals surface area contributed by atoms with E-state index in [1.807, 2.05) is 48.5 Å². The second-order valence-corrected chi connectivity index (χ2v) is 18.7. The summed E-state index contributed by atoms with van der Waals surface area (Å²) in [5.74, 6) is 1.92. The van der Waals surface area contributed by atoms with Crippen LogP contribution in [0.4, 0.5) is 22.7 Å². The second-order valence-electron chi connectivity index (χ2n) is 18.1. The van der Waals surface area contributed by atoms with Gasteiger partial charge in [-0.15, -0.1) is 0 Å². The number of carbonyl (C=O) groups excluding carboxylic acids is 4. The quantitative estimate of drug-likeness (QED) is 0.0333. The maximum Gasteiger partial charge on any atom is 0.235 e. The van der Waals surface area contributed by atoms with Gasteiger partial charge < -0.3 is 40.2 Å². The smallest absolute Gasteiger partial charge is 0.235 e. The van der Waals surface area contributed by atoms with Crippen molar-refractivity contribution in [2.24, 2.45) is 0 Å². The number of fused-ring (bicyclic) bond motifs is 8. The molecule has 0 radical (unpaired) electrons. The Labute approximate surface area is 418 Å². The van der Waals surface area contributed by atoms with Gasteiger partial charge in [-0.05, 0) is 74.2 Å². The summed E-state index contributed by atoms with van der Waals surface area (Å²) in [6, 6.07) is 15.8. The number of hydrogen-bond donors (Lipinski definition) is 4. The number of alkyl halides is 1. The van der Waals surface area contributed by atoms with Crippen LogP contribution in [0.5, 0.6) is 23.0 Å². The Bertz CT molecular complexity index is 2250. The first-order valence-corrected chi connectivity index (χ1v) is 26.3. The summed E-state index contributed by atoms with van der Waals surface area (Å²) >= 11 is 3.35. The van der Waals surface area contributed by atoms with E-state index < -0.39 is 0 Å². The van der Waals surface area contributed by atoms with Gasteiger partial charge >= 0.3 is 0 Å². The van der Waals surface area contributed by atoms with Crippen LogP contribution < -0.4 is 40.2 Å². The maximum atomic E-state index is 13.1. The van der Waals surface area contributed by atoms with Crippen LogP contribution >= 0.6 is 15.9 Å². The van der Waals surface area contributed by atoms with Gasteiger partial charge in [-0.1, -0.05) is 95.0 Å². The monoisotopic (exact) mass is 1010 g/mol. The van der Waals surface area contributed by atoms with Crippen molar-refractivity contribution in [3.8, 4) is 23.0 Å². The van der Waals surface area contributed by atoms with E-state index in [1.54, 1.807) is 0 Å². The summed E-state index contributed by atoms with van der Waals surface area (Å²) in [5.41, 5.74) is 9.04. The maximum absolute atomic E-state index is 13.1. The molecule has 4 aromatic rings. The lowest BCUT2D eigenvalue weighted by molar-refractivity contribution is -0.115. The Morgan fingerprint density at radius 3 is 0.797 bits per heavy atom. The van der Waals surface area contributed by atoms with Crippen LogP contribution in [-0.4, -0.2) is 55.4 Å². The van der Waals surface area contributed by atoms with Gasteiger partial charge in [0.2, 0.25) is 23.6 Å². The van der Waals surface area contributed by atoms with Gasteiger partial charge in [0.25, 0.3) is 0 Å². The van der Waals surface area contributed by atoms with Crippen LogP contribution in [0.2, 0.25) is 0 Å². The lowest BCUT2D eigenvalue weighted by Gasteiger charge is -2.25. The molecule has 4 amide bonds. The highest BCUT2D eigenvalue weighted by molar-refractivity contribution is 9.09. The van der Waals surface area contributed by atoms with Gasteiger partial charge in [-0.3, -0.25) is 19.2 Å². The highest BCUT2D eigenvalue weighted by Crippen LogP contribution is 2.43. The highest BCUT2D eigenvalue weighted by atomic mass is 79.9. The molecule has 0 unspecified atom stereocenters. The first-order valence-electron chi connectivity index (χ1n) is 25.2. The van der Waals surface area contributed by atoms with Gasteiger partial charge in [-0.25, -0.2) is 0 Å². The molecule has 1 aliphatic carbocycles. The molecule has 4 N–H and O–H groups in total. The fourth-order valence-corrected chi connectivity index (χ4v) is 8.97. The van der Waals surface area contributed by atoms with E-state index in [9.17, 15) is 19.2 Å². The van der Waals surface area contributed by atoms with Crippen molar-refractivity contribution in [3.63, 3.8) is 0 Å². The molecule has 13 heteroatoms. The number of halogens is 1. The van der Waals surface area contributed by atoms with Crippen molar-refractivity contribution in [2.75, 3.05) is 53.0 Å². The van der Waals surface area contributed by atoms with Crippen LogP contribution in [-0.2, 0) is 44.9 Å². The second kappa shape index (κ2) is 28.2. The molecule has 8 bridgehead atoms.